The molecule has 0 bridgehead atoms. The third-order valence-corrected chi connectivity index (χ3v) is 3.87. The Morgan fingerprint density at radius 3 is 2.44 bits per heavy atom. The number of carbonyl (C=O) groups is 1. The molecule has 0 aromatic heterocycles. The van der Waals surface area contributed by atoms with Crippen LogP contribution in [0.3, 0.4) is 0 Å². The first-order valence-electron chi connectivity index (χ1n) is 6.84. The lowest BCUT2D eigenvalue weighted by Crippen LogP contribution is -2.52. The maximum atomic E-state index is 11.6. The number of likely N-dealkylation sites (tertiary alicyclic amines) is 1. The molecule has 1 aromatic carbocycles. The van der Waals surface area contributed by atoms with Gasteiger partial charge in [0.2, 0.25) is 0 Å². The molecular weight excluding hydrogens is 224 g/mol. The van der Waals surface area contributed by atoms with E-state index in [1.807, 2.05) is 18.2 Å². The average Bonchev–Trinajstić information content (AvgIpc) is 2.55. The Labute approximate surface area is 109 Å². The monoisotopic (exact) mass is 247 g/mol. The first-order chi connectivity index (χ1) is 8.62. The van der Waals surface area contributed by atoms with Gasteiger partial charge < -0.3 is 5.73 Å². The van der Waals surface area contributed by atoms with Crippen LogP contribution < -0.4 is 10.2 Å². The molecule has 2 N–H and O–H groups in total. The van der Waals surface area contributed by atoms with Crippen LogP contribution in [0.15, 0.2) is 24.3 Å². The summed E-state index contributed by atoms with van der Waals surface area (Å²) in [5.74, 6) is 0.263. The SMILES string of the molecule is CC(=O)C[N+]1(c2cccc(N)c2)CCCCCC1. The van der Waals surface area contributed by atoms with Gasteiger partial charge in [-0.3, -0.25) is 9.28 Å². The van der Waals surface area contributed by atoms with Gasteiger partial charge >= 0.3 is 0 Å². The Kier molecular flexibility index (Phi) is 4.02. The second-order valence-electron chi connectivity index (χ2n) is 5.46. The molecule has 1 aromatic rings. The highest BCUT2D eigenvalue weighted by Gasteiger charge is 2.32. The largest absolute Gasteiger partial charge is 0.399 e. The fourth-order valence-electron chi connectivity index (χ4n) is 3.05. The second kappa shape index (κ2) is 5.53. The van der Waals surface area contributed by atoms with Gasteiger partial charge in [-0.1, -0.05) is 6.07 Å². The van der Waals surface area contributed by atoms with Crippen LogP contribution >= 0.6 is 0 Å². The molecular formula is C15H23N2O+. The number of hydrogen-bond donors (Lipinski definition) is 1. The number of benzene rings is 1. The summed E-state index contributed by atoms with van der Waals surface area (Å²) >= 11 is 0. The minimum absolute atomic E-state index is 0.263. The number of hydrogen-bond acceptors (Lipinski definition) is 2. The molecule has 3 heteroatoms. The molecule has 2 rings (SSSR count). The zero-order valence-electron chi connectivity index (χ0n) is 11.2. The van der Waals surface area contributed by atoms with E-state index in [4.69, 9.17) is 5.73 Å². The van der Waals surface area contributed by atoms with Crippen LogP contribution in [0.25, 0.3) is 0 Å². The van der Waals surface area contributed by atoms with Crippen molar-refractivity contribution in [3.8, 4) is 0 Å². The van der Waals surface area contributed by atoms with Gasteiger partial charge in [-0.15, -0.1) is 0 Å². The lowest BCUT2D eigenvalue weighted by Gasteiger charge is -2.36. The summed E-state index contributed by atoms with van der Waals surface area (Å²) in [6.45, 7) is 4.41. The molecule has 0 aliphatic carbocycles. The van der Waals surface area contributed by atoms with Crippen molar-refractivity contribution in [2.45, 2.75) is 32.6 Å². The first-order valence-corrected chi connectivity index (χ1v) is 6.84. The van der Waals surface area contributed by atoms with Crippen LogP contribution in [0.2, 0.25) is 0 Å². The Bertz CT molecular complexity index is 420. The fourth-order valence-corrected chi connectivity index (χ4v) is 3.05. The van der Waals surface area contributed by atoms with Crippen molar-refractivity contribution in [1.29, 1.82) is 0 Å². The van der Waals surface area contributed by atoms with E-state index < -0.39 is 0 Å². The number of Topliss-reactive ketones (excluding diaryl/α,β-unsaturated/α-hetero) is 1. The van der Waals surface area contributed by atoms with Gasteiger partial charge in [0.1, 0.15) is 12.2 Å². The number of rotatable bonds is 3. The summed E-state index contributed by atoms with van der Waals surface area (Å²) < 4.78 is 0.792. The van der Waals surface area contributed by atoms with Gasteiger partial charge in [0.25, 0.3) is 0 Å². The van der Waals surface area contributed by atoms with Gasteiger partial charge in [0.15, 0.2) is 5.78 Å². The summed E-state index contributed by atoms with van der Waals surface area (Å²) in [5.41, 5.74) is 7.89. The quantitative estimate of drug-likeness (QED) is 0.659. The predicted molar refractivity (Wildman–Crippen MR) is 76.4 cm³/mol. The van der Waals surface area contributed by atoms with E-state index in [9.17, 15) is 4.79 Å². The smallest absolute Gasteiger partial charge is 0.184 e. The lowest BCUT2D eigenvalue weighted by atomic mass is 10.1. The highest BCUT2D eigenvalue weighted by molar-refractivity contribution is 5.80. The predicted octanol–water partition coefficient (Wildman–Crippen LogP) is 2.74. The van der Waals surface area contributed by atoms with Crippen molar-refractivity contribution in [2.75, 3.05) is 25.4 Å². The molecule has 3 nitrogen and oxygen atoms in total. The van der Waals surface area contributed by atoms with Crippen LogP contribution in [-0.2, 0) is 4.79 Å². The third-order valence-electron chi connectivity index (χ3n) is 3.87. The van der Waals surface area contributed by atoms with E-state index >= 15 is 0 Å². The molecule has 0 saturated carbocycles. The number of ketones is 1. The normalized spacial score (nSPS) is 19.2. The van der Waals surface area contributed by atoms with Gasteiger partial charge in [-0.2, -0.15) is 0 Å². The number of carbonyl (C=O) groups excluding carboxylic acids is 1. The van der Waals surface area contributed by atoms with E-state index in [2.05, 4.69) is 6.07 Å². The van der Waals surface area contributed by atoms with Crippen molar-refractivity contribution in [1.82, 2.24) is 4.48 Å². The van der Waals surface area contributed by atoms with Crippen LogP contribution in [0, 0.1) is 0 Å². The number of anilines is 1. The Morgan fingerprint density at radius 2 is 1.89 bits per heavy atom. The zero-order chi connectivity index (χ0) is 13.0. The molecule has 98 valence electrons. The minimum atomic E-state index is 0.263. The lowest BCUT2D eigenvalue weighted by molar-refractivity contribution is -0.117. The standard InChI is InChI=1S/C15H23N2O/c1-13(18)12-17(9-4-2-3-5-10-17)15-8-6-7-14(16)11-15/h6-8,11H,2-5,9-10,12,16H2,1H3/q+1. The maximum absolute atomic E-state index is 11.6. The van der Waals surface area contributed by atoms with Crippen molar-refractivity contribution in [2.24, 2.45) is 0 Å². The van der Waals surface area contributed by atoms with Crippen LogP contribution in [0.1, 0.15) is 32.6 Å². The highest BCUT2D eigenvalue weighted by Crippen LogP contribution is 2.29. The van der Waals surface area contributed by atoms with Gasteiger partial charge in [0.05, 0.1) is 13.1 Å². The molecule has 1 heterocycles. The summed E-state index contributed by atoms with van der Waals surface area (Å²) in [6, 6.07) is 8.06. The molecule has 0 amide bonds. The summed E-state index contributed by atoms with van der Waals surface area (Å²) in [5, 5.41) is 0. The molecule has 0 radical (unpaired) electrons. The van der Waals surface area contributed by atoms with Crippen molar-refractivity contribution >= 4 is 17.2 Å². The number of nitrogens with two attached hydrogens (primary N) is 1. The van der Waals surface area contributed by atoms with Crippen molar-refractivity contribution < 1.29 is 4.79 Å². The molecule has 0 unspecified atom stereocenters. The molecule has 0 atom stereocenters. The van der Waals surface area contributed by atoms with Gasteiger partial charge in [0, 0.05) is 18.7 Å². The van der Waals surface area contributed by atoms with E-state index in [-0.39, 0.29) is 5.78 Å². The second-order valence-corrected chi connectivity index (χ2v) is 5.46. The third kappa shape index (κ3) is 2.91. The van der Waals surface area contributed by atoms with E-state index in [0.717, 1.165) is 23.3 Å². The molecule has 1 aliphatic heterocycles. The van der Waals surface area contributed by atoms with Crippen LogP contribution in [0.4, 0.5) is 11.4 Å². The van der Waals surface area contributed by atoms with E-state index in [1.165, 1.54) is 31.4 Å². The number of nitrogens with zero attached hydrogens (tertiary/aromatic N) is 1. The number of nitrogen functional groups attached to an aromatic ring is 1. The fraction of sp³-hybridized carbons (Fsp3) is 0.533. The molecule has 0 spiro atoms. The average molecular weight is 247 g/mol. The Balaban J connectivity index is 2.36. The van der Waals surface area contributed by atoms with Gasteiger partial charge in [-0.25, -0.2) is 0 Å². The summed E-state index contributed by atoms with van der Waals surface area (Å²) in [6.07, 6.45) is 4.95. The Morgan fingerprint density at radius 1 is 1.22 bits per heavy atom. The van der Waals surface area contributed by atoms with Crippen LogP contribution in [0.5, 0.6) is 0 Å². The molecule has 18 heavy (non-hydrogen) atoms. The number of quaternary nitrogens is 1. The van der Waals surface area contributed by atoms with Crippen molar-refractivity contribution in [3.05, 3.63) is 24.3 Å². The van der Waals surface area contributed by atoms with Crippen LogP contribution in [-0.4, -0.2) is 25.4 Å². The maximum Gasteiger partial charge on any atom is 0.184 e. The molecule has 1 fully saturated rings. The van der Waals surface area contributed by atoms with Gasteiger partial charge in [-0.05, 0) is 37.8 Å². The van der Waals surface area contributed by atoms with E-state index in [0.29, 0.717) is 6.54 Å². The summed E-state index contributed by atoms with van der Waals surface area (Å²) in [4.78, 5) is 11.6. The molecule has 1 saturated heterocycles. The summed E-state index contributed by atoms with van der Waals surface area (Å²) in [7, 11) is 0. The topological polar surface area (TPSA) is 43.1 Å². The first kappa shape index (κ1) is 13.1. The van der Waals surface area contributed by atoms with E-state index in [1.54, 1.807) is 6.92 Å². The minimum Gasteiger partial charge on any atom is -0.399 e. The zero-order valence-corrected chi connectivity index (χ0v) is 11.2. The van der Waals surface area contributed by atoms with Crippen molar-refractivity contribution in [3.63, 3.8) is 0 Å². The molecule has 1 aliphatic rings. The Hall–Kier alpha value is -1.35. The highest BCUT2D eigenvalue weighted by atomic mass is 16.1.